The van der Waals surface area contributed by atoms with Crippen molar-refractivity contribution in [2.45, 2.75) is 0 Å². The van der Waals surface area contributed by atoms with Crippen LogP contribution in [0.5, 0.6) is 0 Å². The monoisotopic (exact) mass is 654 g/mol. The van der Waals surface area contributed by atoms with E-state index >= 15 is 0 Å². The summed E-state index contributed by atoms with van der Waals surface area (Å²) >= 11 is 1.83. The molecule has 0 atom stereocenters. The van der Waals surface area contributed by atoms with E-state index in [1.54, 1.807) is 0 Å². The van der Waals surface area contributed by atoms with Gasteiger partial charge in [-0.1, -0.05) is 127 Å². The molecule has 3 aromatic heterocycles. The molecule has 3 heterocycles. The fourth-order valence-electron chi connectivity index (χ4n) is 7.68. The number of benzene rings is 8. The lowest BCUT2D eigenvalue weighted by Gasteiger charge is -2.12. The first-order chi connectivity index (χ1) is 24.8. The third kappa shape index (κ3) is 4.09. The van der Waals surface area contributed by atoms with Crippen LogP contribution in [0.3, 0.4) is 0 Å². The molecule has 0 aliphatic rings. The third-order valence-corrected chi connectivity index (χ3v) is 11.2. The minimum absolute atomic E-state index is 0.709. The summed E-state index contributed by atoms with van der Waals surface area (Å²) in [7, 11) is 0. The van der Waals surface area contributed by atoms with Gasteiger partial charge < -0.3 is 4.42 Å². The zero-order valence-corrected chi connectivity index (χ0v) is 27.5. The van der Waals surface area contributed by atoms with Crippen molar-refractivity contribution in [3.05, 3.63) is 158 Å². The average Bonchev–Trinajstić information content (AvgIpc) is 3.77. The van der Waals surface area contributed by atoms with Gasteiger partial charge in [0.25, 0.3) is 0 Å². The molecule has 0 saturated carbocycles. The van der Waals surface area contributed by atoms with Gasteiger partial charge in [-0.25, -0.2) is 9.97 Å². The minimum atomic E-state index is 0.709. The summed E-state index contributed by atoms with van der Waals surface area (Å²) in [4.78, 5) is 10.7. The molecule has 0 spiro atoms. The quantitative estimate of drug-likeness (QED) is 0.190. The second-order valence-electron chi connectivity index (χ2n) is 12.9. The molecule has 232 valence electrons. The Balaban J connectivity index is 1.16. The molecular formula is C46H26N2OS. The standard InChI is InChI=1S/C46H26N2OS/c1-2-10-31-26-32(21-16-27(31)8-1)43-37-23-25-40-42(41-33-11-4-3-9-28(33)22-24-39(41)50-40)44(37)48-46(47-43)30-19-17-29(18-20-30)34-13-7-14-36-35-12-5-6-15-38(35)49-45(34)36/h1-26H. The third-order valence-electron chi connectivity index (χ3n) is 10.1. The maximum absolute atomic E-state index is 6.37. The zero-order valence-electron chi connectivity index (χ0n) is 26.7. The molecule has 0 unspecified atom stereocenters. The van der Waals surface area contributed by atoms with Crippen molar-refractivity contribution in [1.29, 1.82) is 0 Å². The predicted molar refractivity (Wildman–Crippen MR) is 211 cm³/mol. The highest BCUT2D eigenvalue weighted by molar-refractivity contribution is 7.26. The van der Waals surface area contributed by atoms with Crippen molar-refractivity contribution < 1.29 is 4.42 Å². The molecule has 0 aliphatic heterocycles. The summed E-state index contributed by atoms with van der Waals surface area (Å²) in [6.45, 7) is 0. The Labute approximate surface area is 290 Å². The molecule has 0 radical (unpaired) electrons. The number of hydrogen-bond donors (Lipinski definition) is 0. The van der Waals surface area contributed by atoms with Gasteiger partial charge in [-0.05, 0) is 57.4 Å². The van der Waals surface area contributed by atoms with Gasteiger partial charge in [0.1, 0.15) is 11.2 Å². The lowest BCUT2D eigenvalue weighted by Crippen LogP contribution is -1.96. The zero-order chi connectivity index (χ0) is 32.8. The summed E-state index contributed by atoms with van der Waals surface area (Å²) < 4.78 is 8.87. The van der Waals surface area contributed by atoms with Crippen LogP contribution in [0.2, 0.25) is 0 Å². The Morgan fingerprint density at radius 1 is 0.440 bits per heavy atom. The van der Waals surface area contributed by atoms with Gasteiger partial charge in [0.2, 0.25) is 0 Å². The smallest absolute Gasteiger partial charge is 0.160 e. The van der Waals surface area contributed by atoms with Gasteiger partial charge in [0.15, 0.2) is 5.82 Å². The van der Waals surface area contributed by atoms with Crippen LogP contribution in [0.4, 0.5) is 0 Å². The summed E-state index contributed by atoms with van der Waals surface area (Å²) in [5.41, 5.74) is 7.93. The van der Waals surface area contributed by atoms with E-state index < -0.39 is 0 Å². The second-order valence-corrected chi connectivity index (χ2v) is 14.0. The van der Waals surface area contributed by atoms with Crippen LogP contribution >= 0.6 is 11.3 Å². The summed E-state index contributed by atoms with van der Waals surface area (Å²) in [6.07, 6.45) is 0. The predicted octanol–water partition coefficient (Wildman–Crippen LogP) is 13.2. The highest BCUT2D eigenvalue weighted by Gasteiger charge is 2.19. The SMILES string of the molecule is c1ccc2cc(-c3nc(-c4ccc(-c5cccc6c5oc5ccccc56)cc4)nc4c3ccc3sc5ccc6ccccc6c5c34)ccc2c1. The van der Waals surface area contributed by atoms with Crippen LogP contribution in [-0.4, -0.2) is 9.97 Å². The molecule has 50 heavy (non-hydrogen) atoms. The van der Waals surface area contributed by atoms with E-state index in [2.05, 4.69) is 146 Å². The number of aromatic nitrogens is 2. The molecule has 0 aliphatic carbocycles. The highest BCUT2D eigenvalue weighted by atomic mass is 32.1. The fraction of sp³-hybridized carbons (Fsp3) is 0. The van der Waals surface area contributed by atoms with Gasteiger partial charge in [0, 0.05) is 53.0 Å². The number of para-hydroxylation sites is 2. The van der Waals surface area contributed by atoms with E-state index in [0.717, 1.165) is 60.8 Å². The molecule has 8 aromatic carbocycles. The number of fused-ring (bicyclic) bond motifs is 11. The normalized spacial score (nSPS) is 12.0. The summed E-state index contributed by atoms with van der Waals surface area (Å²) in [6, 6.07) is 55.9. The molecular weight excluding hydrogens is 629 g/mol. The van der Waals surface area contributed by atoms with Crippen LogP contribution < -0.4 is 0 Å². The Hall–Kier alpha value is -6.36. The van der Waals surface area contributed by atoms with Gasteiger partial charge in [-0.15, -0.1) is 11.3 Å². The van der Waals surface area contributed by atoms with Crippen LogP contribution in [0.25, 0.3) is 108 Å². The second kappa shape index (κ2) is 10.6. The van der Waals surface area contributed by atoms with Gasteiger partial charge >= 0.3 is 0 Å². The van der Waals surface area contributed by atoms with Crippen molar-refractivity contribution in [2.75, 3.05) is 0 Å². The van der Waals surface area contributed by atoms with Gasteiger partial charge in [-0.3, -0.25) is 0 Å². The van der Waals surface area contributed by atoms with Gasteiger partial charge in [-0.2, -0.15) is 0 Å². The van der Waals surface area contributed by atoms with Gasteiger partial charge in [0.05, 0.1) is 11.2 Å². The van der Waals surface area contributed by atoms with Crippen molar-refractivity contribution in [1.82, 2.24) is 9.97 Å². The molecule has 0 saturated heterocycles. The molecule has 0 amide bonds. The summed E-state index contributed by atoms with van der Waals surface area (Å²) in [5.74, 6) is 0.709. The van der Waals surface area contributed by atoms with E-state index in [4.69, 9.17) is 14.4 Å². The number of thiophene rings is 1. The number of hydrogen-bond acceptors (Lipinski definition) is 4. The first kappa shape index (κ1) is 27.6. The number of nitrogens with zero attached hydrogens (tertiary/aromatic N) is 2. The lowest BCUT2D eigenvalue weighted by molar-refractivity contribution is 0.670. The molecule has 11 rings (SSSR count). The maximum atomic E-state index is 6.37. The van der Waals surface area contributed by atoms with Crippen LogP contribution in [-0.2, 0) is 0 Å². The Morgan fingerprint density at radius 3 is 2.02 bits per heavy atom. The molecule has 3 nitrogen and oxygen atoms in total. The van der Waals surface area contributed by atoms with E-state index in [9.17, 15) is 0 Å². The summed E-state index contributed by atoms with van der Waals surface area (Å²) in [5, 5.41) is 10.6. The lowest BCUT2D eigenvalue weighted by atomic mass is 9.98. The topological polar surface area (TPSA) is 38.9 Å². The Kier molecular flexibility index (Phi) is 5.83. The first-order valence-electron chi connectivity index (χ1n) is 16.8. The van der Waals surface area contributed by atoms with Crippen LogP contribution in [0, 0.1) is 0 Å². The molecule has 11 aromatic rings. The van der Waals surface area contributed by atoms with Crippen molar-refractivity contribution in [3.63, 3.8) is 0 Å². The average molecular weight is 655 g/mol. The maximum Gasteiger partial charge on any atom is 0.160 e. The Morgan fingerprint density at radius 2 is 1.12 bits per heavy atom. The van der Waals surface area contributed by atoms with E-state index in [1.807, 2.05) is 23.5 Å². The molecule has 0 fully saturated rings. The largest absolute Gasteiger partial charge is 0.455 e. The number of furan rings is 1. The first-order valence-corrected chi connectivity index (χ1v) is 17.6. The molecule has 0 N–H and O–H groups in total. The number of rotatable bonds is 3. The van der Waals surface area contributed by atoms with Crippen LogP contribution in [0.15, 0.2) is 162 Å². The highest BCUT2D eigenvalue weighted by Crippen LogP contribution is 2.44. The molecule has 4 heteroatoms. The van der Waals surface area contributed by atoms with Crippen molar-refractivity contribution in [3.8, 4) is 33.8 Å². The van der Waals surface area contributed by atoms with Crippen molar-refractivity contribution >= 4 is 85.9 Å². The van der Waals surface area contributed by atoms with Crippen LogP contribution in [0.1, 0.15) is 0 Å². The Bertz CT molecular complexity index is 3150. The van der Waals surface area contributed by atoms with E-state index in [1.165, 1.54) is 41.7 Å². The fourth-order valence-corrected chi connectivity index (χ4v) is 8.80. The van der Waals surface area contributed by atoms with Crippen molar-refractivity contribution in [2.24, 2.45) is 0 Å². The minimum Gasteiger partial charge on any atom is -0.455 e. The molecule has 0 bridgehead atoms. The van der Waals surface area contributed by atoms with E-state index in [0.29, 0.717) is 5.82 Å². The van der Waals surface area contributed by atoms with E-state index in [-0.39, 0.29) is 0 Å².